The van der Waals surface area contributed by atoms with Gasteiger partial charge in [0.1, 0.15) is 12.1 Å². The second-order valence-electron chi connectivity index (χ2n) is 5.95. The Morgan fingerprint density at radius 2 is 2.00 bits per heavy atom. The van der Waals surface area contributed by atoms with Crippen molar-refractivity contribution in [2.24, 2.45) is 0 Å². The molecule has 6 nitrogen and oxygen atoms in total. The smallest absolute Gasteiger partial charge is 0.410 e. The molecule has 7 heteroatoms. The van der Waals surface area contributed by atoms with Crippen LogP contribution in [0.25, 0.3) is 0 Å². The zero-order chi connectivity index (χ0) is 17.5. The van der Waals surface area contributed by atoms with Crippen LogP contribution in [0.2, 0.25) is 0 Å². The maximum absolute atomic E-state index is 12.2. The lowest BCUT2D eigenvalue weighted by Gasteiger charge is -2.26. The summed E-state index contributed by atoms with van der Waals surface area (Å²) in [5.41, 5.74) is 0.0312. The Morgan fingerprint density at radius 3 is 2.57 bits per heavy atom. The van der Waals surface area contributed by atoms with Crippen LogP contribution in [-0.4, -0.2) is 49.3 Å². The lowest BCUT2D eigenvalue weighted by molar-refractivity contribution is -0.117. The van der Waals surface area contributed by atoms with E-state index in [2.05, 4.69) is 21.2 Å². The number of methoxy groups -OCH3 is 1. The van der Waals surface area contributed by atoms with Gasteiger partial charge in [-0.05, 0) is 39.0 Å². The number of rotatable bonds is 6. The standard InChI is InChI=1S/C16H23BrN2O4/c1-16(2,3)23-15(21)19(8-9-22-4)11-14(20)18-13-7-5-6-12(17)10-13/h5-7,10H,8-9,11H2,1-4H3,(H,18,20). The second-order valence-corrected chi connectivity index (χ2v) is 6.87. The molecule has 1 N–H and O–H groups in total. The van der Waals surface area contributed by atoms with Crippen LogP contribution in [0.3, 0.4) is 0 Å². The Hall–Kier alpha value is -1.60. The molecule has 23 heavy (non-hydrogen) atoms. The molecule has 0 saturated carbocycles. The number of nitrogens with one attached hydrogen (secondary N) is 1. The Balaban J connectivity index is 2.68. The molecule has 0 fully saturated rings. The summed E-state index contributed by atoms with van der Waals surface area (Å²) in [6, 6.07) is 7.23. The number of anilines is 1. The molecule has 0 aliphatic rings. The van der Waals surface area contributed by atoms with Gasteiger partial charge in [-0.25, -0.2) is 4.79 Å². The normalized spacial score (nSPS) is 11.0. The third kappa shape index (κ3) is 7.99. The number of hydrogen-bond acceptors (Lipinski definition) is 4. The highest BCUT2D eigenvalue weighted by Crippen LogP contribution is 2.16. The van der Waals surface area contributed by atoms with Gasteiger partial charge < -0.3 is 14.8 Å². The number of nitrogens with zero attached hydrogens (tertiary/aromatic N) is 1. The summed E-state index contributed by atoms with van der Waals surface area (Å²) in [5, 5.41) is 2.75. The molecule has 0 aliphatic carbocycles. The first kappa shape index (κ1) is 19.4. The average Bonchev–Trinajstić information content (AvgIpc) is 2.41. The highest BCUT2D eigenvalue weighted by atomic mass is 79.9. The highest BCUT2D eigenvalue weighted by molar-refractivity contribution is 9.10. The Morgan fingerprint density at radius 1 is 1.30 bits per heavy atom. The van der Waals surface area contributed by atoms with Crippen LogP contribution in [0.15, 0.2) is 28.7 Å². The van der Waals surface area contributed by atoms with Crippen molar-refractivity contribution in [1.29, 1.82) is 0 Å². The van der Waals surface area contributed by atoms with Crippen LogP contribution in [0.5, 0.6) is 0 Å². The Kier molecular flexibility index (Phi) is 7.51. The van der Waals surface area contributed by atoms with Crippen LogP contribution in [0.1, 0.15) is 20.8 Å². The van der Waals surface area contributed by atoms with Crippen molar-refractivity contribution in [3.63, 3.8) is 0 Å². The van der Waals surface area contributed by atoms with E-state index in [9.17, 15) is 9.59 Å². The van der Waals surface area contributed by atoms with Gasteiger partial charge >= 0.3 is 6.09 Å². The first-order valence-electron chi connectivity index (χ1n) is 7.23. The van der Waals surface area contributed by atoms with E-state index in [-0.39, 0.29) is 19.0 Å². The third-order valence-electron chi connectivity index (χ3n) is 2.66. The van der Waals surface area contributed by atoms with Gasteiger partial charge in [-0.2, -0.15) is 0 Å². The predicted octanol–water partition coefficient (Wildman–Crippen LogP) is 3.27. The van der Waals surface area contributed by atoms with Crippen LogP contribution in [-0.2, 0) is 14.3 Å². The number of ether oxygens (including phenoxy) is 2. The molecule has 0 radical (unpaired) electrons. The van der Waals surface area contributed by atoms with E-state index < -0.39 is 11.7 Å². The van der Waals surface area contributed by atoms with E-state index in [1.54, 1.807) is 32.9 Å². The van der Waals surface area contributed by atoms with Gasteiger partial charge in [-0.1, -0.05) is 22.0 Å². The van der Waals surface area contributed by atoms with Crippen molar-refractivity contribution in [3.8, 4) is 0 Å². The van der Waals surface area contributed by atoms with Gasteiger partial charge in [0.25, 0.3) is 0 Å². The number of carbonyl (C=O) groups excluding carboxylic acids is 2. The fraction of sp³-hybridized carbons (Fsp3) is 0.500. The molecule has 1 aromatic carbocycles. The summed E-state index contributed by atoms with van der Waals surface area (Å²) in [5.74, 6) is -0.301. The van der Waals surface area contributed by atoms with E-state index >= 15 is 0 Å². The fourth-order valence-corrected chi connectivity index (χ4v) is 2.10. The summed E-state index contributed by atoms with van der Waals surface area (Å²) in [4.78, 5) is 25.6. The number of carbonyl (C=O) groups is 2. The van der Waals surface area contributed by atoms with E-state index in [1.165, 1.54) is 12.0 Å². The van der Waals surface area contributed by atoms with E-state index in [4.69, 9.17) is 9.47 Å². The minimum Gasteiger partial charge on any atom is -0.444 e. The van der Waals surface area contributed by atoms with Crippen LogP contribution in [0, 0.1) is 0 Å². The lowest BCUT2D eigenvalue weighted by atomic mass is 10.2. The highest BCUT2D eigenvalue weighted by Gasteiger charge is 2.23. The third-order valence-corrected chi connectivity index (χ3v) is 3.15. The molecule has 1 aromatic rings. The van der Waals surface area contributed by atoms with Crippen molar-refractivity contribution in [2.75, 3.05) is 32.1 Å². The molecular formula is C16H23BrN2O4. The predicted molar refractivity (Wildman–Crippen MR) is 92.5 cm³/mol. The maximum atomic E-state index is 12.2. The summed E-state index contributed by atoms with van der Waals surface area (Å²) in [6.45, 7) is 5.83. The molecule has 0 saturated heterocycles. The number of benzene rings is 1. The molecule has 0 aromatic heterocycles. The molecule has 0 atom stereocenters. The first-order chi connectivity index (χ1) is 10.7. The fourth-order valence-electron chi connectivity index (χ4n) is 1.70. The number of halogens is 1. The minimum atomic E-state index is -0.622. The quantitative estimate of drug-likeness (QED) is 0.814. The number of hydrogen-bond donors (Lipinski definition) is 1. The van der Waals surface area contributed by atoms with E-state index in [0.29, 0.717) is 12.3 Å². The molecule has 2 amide bonds. The molecule has 0 bridgehead atoms. The monoisotopic (exact) mass is 386 g/mol. The zero-order valence-electron chi connectivity index (χ0n) is 13.9. The molecule has 1 rings (SSSR count). The van der Waals surface area contributed by atoms with Gasteiger partial charge in [0.15, 0.2) is 0 Å². The average molecular weight is 387 g/mol. The topological polar surface area (TPSA) is 67.9 Å². The van der Waals surface area contributed by atoms with Crippen LogP contribution >= 0.6 is 15.9 Å². The van der Waals surface area contributed by atoms with Gasteiger partial charge in [-0.15, -0.1) is 0 Å². The summed E-state index contributed by atoms with van der Waals surface area (Å²) >= 11 is 3.34. The van der Waals surface area contributed by atoms with Crippen molar-refractivity contribution in [2.45, 2.75) is 26.4 Å². The lowest BCUT2D eigenvalue weighted by Crippen LogP contribution is -2.42. The van der Waals surface area contributed by atoms with Crippen molar-refractivity contribution in [3.05, 3.63) is 28.7 Å². The summed E-state index contributed by atoms with van der Waals surface area (Å²) in [7, 11) is 1.54. The minimum absolute atomic E-state index is 0.106. The van der Waals surface area contributed by atoms with Gasteiger partial charge in [-0.3, -0.25) is 9.69 Å². The van der Waals surface area contributed by atoms with Crippen molar-refractivity contribution in [1.82, 2.24) is 4.90 Å². The largest absolute Gasteiger partial charge is 0.444 e. The summed E-state index contributed by atoms with van der Waals surface area (Å²) < 4.78 is 11.2. The molecule has 0 heterocycles. The Bertz CT molecular complexity index is 543. The molecule has 0 spiro atoms. The van der Waals surface area contributed by atoms with Crippen molar-refractivity contribution < 1.29 is 19.1 Å². The van der Waals surface area contributed by atoms with Crippen LogP contribution in [0.4, 0.5) is 10.5 Å². The Labute approximate surface area is 145 Å². The molecule has 0 unspecified atom stereocenters. The second kappa shape index (κ2) is 8.88. The van der Waals surface area contributed by atoms with Crippen molar-refractivity contribution >= 4 is 33.6 Å². The van der Waals surface area contributed by atoms with Crippen LogP contribution < -0.4 is 5.32 Å². The van der Waals surface area contributed by atoms with E-state index in [1.807, 2.05) is 12.1 Å². The molecular weight excluding hydrogens is 364 g/mol. The van der Waals surface area contributed by atoms with Gasteiger partial charge in [0.05, 0.1) is 6.61 Å². The zero-order valence-corrected chi connectivity index (χ0v) is 15.5. The number of amides is 2. The molecule has 128 valence electrons. The van der Waals surface area contributed by atoms with E-state index in [0.717, 1.165) is 4.47 Å². The maximum Gasteiger partial charge on any atom is 0.410 e. The van der Waals surface area contributed by atoms with Gasteiger partial charge in [0.2, 0.25) is 5.91 Å². The SMILES string of the molecule is COCCN(CC(=O)Nc1cccc(Br)c1)C(=O)OC(C)(C)C. The first-order valence-corrected chi connectivity index (χ1v) is 8.03. The molecule has 0 aliphatic heterocycles. The van der Waals surface area contributed by atoms with Gasteiger partial charge in [0, 0.05) is 23.8 Å². The summed E-state index contributed by atoms with van der Waals surface area (Å²) in [6.07, 6.45) is -0.543.